The molecule has 1 atom stereocenters. The van der Waals surface area contributed by atoms with Crippen LogP contribution >= 0.6 is 23.2 Å². The van der Waals surface area contributed by atoms with Crippen molar-refractivity contribution in [3.05, 3.63) is 28.2 Å². The monoisotopic (exact) mass is 330 g/mol. The maximum atomic E-state index is 12.2. The van der Waals surface area contributed by atoms with E-state index in [0.29, 0.717) is 34.9 Å². The Hall–Kier alpha value is -0.970. The van der Waals surface area contributed by atoms with Gasteiger partial charge in [-0.15, -0.1) is 0 Å². The third-order valence-electron chi connectivity index (χ3n) is 3.60. The molecule has 0 aliphatic carbocycles. The fourth-order valence-corrected chi connectivity index (χ4v) is 3.06. The van der Waals surface area contributed by atoms with E-state index in [1.54, 1.807) is 18.2 Å². The molecule has 1 aliphatic rings. The molecule has 1 fully saturated rings. The summed E-state index contributed by atoms with van der Waals surface area (Å²) in [5.41, 5.74) is 0. The normalized spacial score (nSPS) is 18.0. The maximum Gasteiger partial charge on any atom is 0.226 e. The lowest BCUT2D eigenvalue weighted by molar-refractivity contribution is -0.132. The van der Waals surface area contributed by atoms with Gasteiger partial charge in [0.05, 0.1) is 18.1 Å². The first-order valence-electron chi connectivity index (χ1n) is 7.13. The Balaban J connectivity index is 1.81. The smallest absolute Gasteiger partial charge is 0.226 e. The molecule has 4 nitrogen and oxygen atoms in total. The van der Waals surface area contributed by atoms with E-state index in [2.05, 4.69) is 5.32 Å². The largest absolute Gasteiger partial charge is 0.491 e. The number of likely N-dealkylation sites (tertiary alicyclic amines) is 1. The first kappa shape index (κ1) is 16.4. The van der Waals surface area contributed by atoms with Crippen LogP contribution in [0.2, 0.25) is 10.0 Å². The van der Waals surface area contributed by atoms with Crippen molar-refractivity contribution in [2.24, 2.45) is 0 Å². The van der Waals surface area contributed by atoms with Crippen LogP contribution < -0.4 is 10.1 Å². The first-order chi connectivity index (χ1) is 10.1. The van der Waals surface area contributed by atoms with Crippen molar-refractivity contribution in [2.45, 2.75) is 25.3 Å². The van der Waals surface area contributed by atoms with Crippen molar-refractivity contribution < 1.29 is 9.53 Å². The van der Waals surface area contributed by atoms with Crippen LogP contribution in [0.1, 0.15) is 19.3 Å². The van der Waals surface area contributed by atoms with E-state index < -0.39 is 0 Å². The number of carbonyl (C=O) groups excluding carboxylic acids is 1. The van der Waals surface area contributed by atoms with Gasteiger partial charge in [-0.2, -0.15) is 0 Å². The summed E-state index contributed by atoms with van der Waals surface area (Å²) in [5.74, 6) is 0.694. The van der Waals surface area contributed by atoms with Gasteiger partial charge in [0.15, 0.2) is 0 Å². The molecule has 0 spiro atoms. The molecular formula is C15H20Cl2N2O2. The van der Waals surface area contributed by atoms with E-state index in [9.17, 15) is 4.79 Å². The summed E-state index contributed by atoms with van der Waals surface area (Å²) in [6, 6.07) is 5.37. The third kappa shape index (κ3) is 4.50. The Labute approximate surface area is 135 Å². The first-order valence-corrected chi connectivity index (χ1v) is 7.89. The van der Waals surface area contributed by atoms with Gasteiger partial charge in [-0.25, -0.2) is 0 Å². The fraction of sp³-hybridized carbons (Fsp3) is 0.533. The molecular weight excluding hydrogens is 311 g/mol. The number of ether oxygens (including phenoxy) is 1. The van der Waals surface area contributed by atoms with Crippen LogP contribution in [0.3, 0.4) is 0 Å². The number of amides is 1. The molecule has 0 saturated carbocycles. The highest BCUT2D eigenvalue weighted by atomic mass is 35.5. The van der Waals surface area contributed by atoms with Gasteiger partial charge in [0.25, 0.3) is 0 Å². The van der Waals surface area contributed by atoms with Crippen LogP contribution in [0.5, 0.6) is 5.75 Å². The van der Waals surface area contributed by atoms with E-state index in [4.69, 9.17) is 27.9 Å². The van der Waals surface area contributed by atoms with Crippen LogP contribution in [0.15, 0.2) is 18.2 Å². The molecule has 1 N–H and O–H groups in total. The Morgan fingerprint density at radius 2 is 2.29 bits per heavy atom. The highest BCUT2D eigenvalue weighted by molar-refractivity contribution is 6.35. The minimum absolute atomic E-state index is 0.137. The van der Waals surface area contributed by atoms with Gasteiger partial charge in [0.2, 0.25) is 5.91 Å². The Morgan fingerprint density at radius 3 is 3.00 bits per heavy atom. The van der Waals surface area contributed by atoms with Gasteiger partial charge < -0.3 is 15.0 Å². The zero-order valence-corrected chi connectivity index (χ0v) is 13.6. The van der Waals surface area contributed by atoms with Crippen molar-refractivity contribution >= 4 is 29.1 Å². The fourth-order valence-electron chi connectivity index (χ4n) is 2.60. The van der Waals surface area contributed by atoms with Gasteiger partial charge in [-0.3, -0.25) is 4.79 Å². The van der Waals surface area contributed by atoms with Gasteiger partial charge in [0.1, 0.15) is 5.75 Å². The second kappa shape index (κ2) is 7.87. The van der Waals surface area contributed by atoms with E-state index in [1.165, 1.54) is 0 Å². The van der Waals surface area contributed by atoms with Crippen LogP contribution in [-0.2, 0) is 4.79 Å². The van der Waals surface area contributed by atoms with Gasteiger partial charge in [-0.1, -0.05) is 23.2 Å². The van der Waals surface area contributed by atoms with E-state index in [-0.39, 0.29) is 5.91 Å². The lowest BCUT2D eigenvalue weighted by atomic mass is 10.2. The van der Waals surface area contributed by atoms with Crippen molar-refractivity contribution in [2.75, 3.05) is 26.7 Å². The summed E-state index contributed by atoms with van der Waals surface area (Å²) >= 11 is 11.8. The molecule has 0 aromatic heterocycles. The number of benzene rings is 1. The van der Waals surface area contributed by atoms with Crippen LogP contribution in [0, 0.1) is 0 Å². The quantitative estimate of drug-likeness (QED) is 0.871. The molecule has 1 aromatic rings. The highest BCUT2D eigenvalue weighted by Crippen LogP contribution is 2.27. The number of carbonyl (C=O) groups is 1. The second-order valence-electron chi connectivity index (χ2n) is 5.11. The molecule has 0 radical (unpaired) electrons. The topological polar surface area (TPSA) is 41.6 Å². The number of hydrogen-bond acceptors (Lipinski definition) is 3. The summed E-state index contributed by atoms with van der Waals surface area (Å²) in [5, 5.41) is 4.16. The third-order valence-corrected chi connectivity index (χ3v) is 4.14. The van der Waals surface area contributed by atoms with E-state index >= 15 is 0 Å². The Kier molecular flexibility index (Phi) is 6.15. The Bertz CT molecular complexity index is 497. The summed E-state index contributed by atoms with van der Waals surface area (Å²) in [7, 11) is 1.91. The average molecular weight is 331 g/mol. The zero-order chi connectivity index (χ0) is 15.2. The summed E-state index contributed by atoms with van der Waals surface area (Å²) in [4.78, 5) is 14.2. The lowest BCUT2D eigenvalue weighted by Crippen LogP contribution is -2.41. The molecule has 1 heterocycles. The second-order valence-corrected chi connectivity index (χ2v) is 5.96. The number of nitrogens with one attached hydrogen (secondary N) is 1. The molecule has 2 rings (SSSR count). The minimum atomic E-state index is 0.137. The van der Waals surface area contributed by atoms with Crippen molar-refractivity contribution in [1.29, 1.82) is 0 Å². The molecule has 6 heteroatoms. The highest BCUT2D eigenvalue weighted by Gasteiger charge is 2.27. The van der Waals surface area contributed by atoms with Crippen LogP contribution in [-0.4, -0.2) is 43.6 Å². The minimum Gasteiger partial charge on any atom is -0.491 e. The number of nitrogens with zero attached hydrogens (tertiary/aromatic N) is 1. The van der Waals surface area contributed by atoms with Crippen molar-refractivity contribution in [1.82, 2.24) is 10.2 Å². The van der Waals surface area contributed by atoms with E-state index in [0.717, 1.165) is 25.9 Å². The number of likely N-dealkylation sites (N-methyl/N-ethyl adjacent to an activating group) is 1. The molecule has 1 amide bonds. The number of rotatable bonds is 6. The SMILES string of the molecule is CNCC1CCCN1C(=O)CCOc1ccc(Cl)cc1Cl. The lowest BCUT2D eigenvalue weighted by Gasteiger charge is -2.24. The molecule has 1 unspecified atom stereocenters. The molecule has 1 aromatic carbocycles. The van der Waals surface area contributed by atoms with E-state index in [1.807, 2.05) is 11.9 Å². The molecule has 1 saturated heterocycles. The van der Waals surface area contributed by atoms with Gasteiger partial charge in [-0.05, 0) is 38.1 Å². The molecule has 116 valence electrons. The predicted octanol–water partition coefficient (Wildman–Crippen LogP) is 2.97. The van der Waals surface area contributed by atoms with Gasteiger partial charge in [0, 0.05) is 24.2 Å². The molecule has 0 bridgehead atoms. The number of halogens is 2. The summed E-state index contributed by atoms with van der Waals surface area (Å²) < 4.78 is 5.56. The van der Waals surface area contributed by atoms with Crippen LogP contribution in [0.25, 0.3) is 0 Å². The van der Waals surface area contributed by atoms with Crippen molar-refractivity contribution in [3.8, 4) is 5.75 Å². The maximum absolute atomic E-state index is 12.2. The molecule has 21 heavy (non-hydrogen) atoms. The number of hydrogen-bond donors (Lipinski definition) is 1. The Morgan fingerprint density at radius 1 is 1.48 bits per heavy atom. The summed E-state index contributed by atoms with van der Waals surface area (Å²) in [6.07, 6.45) is 2.50. The van der Waals surface area contributed by atoms with Gasteiger partial charge >= 0.3 is 0 Å². The van der Waals surface area contributed by atoms with Crippen molar-refractivity contribution in [3.63, 3.8) is 0 Å². The standard InChI is InChI=1S/C15H20Cl2N2O2/c1-18-10-12-3-2-7-19(12)15(20)6-8-21-14-5-4-11(16)9-13(14)17/h4-5,9,12,18H,2-3,6-8,10H2,1H3. The predicted molar refractivity (Wildman–Crippen MR) is 85.2 cm³/mol. The average Bonchev–Trinajstić information content (AvgIpc) is 2.90. The molecule has 1 aliphatic heterocycles. The van der Waals surface area contributed by atoms with Crippen LogP contribution in [0.4, 0.5) is 0 Å². The summed E-state index contributed by atoms with van der Waals surface area (Å²) in [6.45, 7) is 2.01. The zero-order valence-electron chi connectivity index (χ0n) is 12.1.